The molecule has 2 rings (SSSR count). The molecule has 2 N–H and O–H groups in total. The van der Waals surface area contributed by atoms with Gasteiger partial charge in [-0.05, 0) is 37.6 Å². The molecule has 1 aromatic carbocycles. The Morgan fingerprint density at radius 2 is 2.19 bits per heavy atom. The predicted molar refractivity (Wildman–Crippen MR) is 81.2 cm³/mol. The van der Waals surface area contributed by atoms with Gasteiger partial charge in [0, 0.05) is 12.6 Å². The number of nitrogens with one attached hydrogen (secondary N) is 2. The summed E-state index contributed by atoms with van der Waals surface area (Å²) in [5, 5.41) is 3.15. The fourth-order valence-corrected chi connectivity index (χ4v) is 3.46. The van der Waals surface area contributed by atoms with Crippen LogP contribution in [-0.2, 0) is 14.8 Å². The van der Waals surface area contributed by atoms with E-state index in [1.165, 1.54) is 31.4 Å². The molecule has 1 saturated heterocycles. The van der Waals surface area contributed by atoms with E-state index in [2.05, 4.69) is 14.8 Å². The highest BCUT2D eigenvalue weighted by molar-refractivity contribution is 7.89. The third-order valence-electron chi connectivity index (χ3n) is 3.18. The van der Waals surface area contributed by atoms with Crippen molar-refractivity contribution in [1.82, 2.24) is 10.0 Å². The normalized spacial score (nSPS) is 18.6. The molecule has 1 fully saturated rings. The van der Waals surface area contributed by atoms with Gasteiger partial charge >= 0.3 is 5.97 Å². The second-order valence-electron chi connectivity index (χ2n) is 4.68. The molecule has 0 aromatic heterocycles. The van der Waals surface area contributed by atoms with E-state index in [-0.39, 0.29) is 28.9 Å². The highest BCUT2D eigenvalue weighted by atomic mass is 35.5. The zero-order chi connectivity index (χ0) is 14.6. The largest absolute Gasteiger partial charge is 0.465 e. The average Bonchev–Trinajstić information content (AvgIpc) is 2.47. The molecule has 21 heavy (non-hydrogen) atoms. The van der Waals surface area contributed by atoms with Crippen molar-refractivity contribution in [2.45, 2.75) is 23.8 Å². The fourth-order valence-electron chi connectivity index (χ4n) is 2.15. The molecule has 0 amide bonds. The van der Waals surface area contributed by atoms with E-state index >= 15 is 0 Å². The summed E-state index contributed by atoms with van der Waals surface area (Å²) in [6, 6.07) is 5.72. The Bertz CT molecular complexity index is 586. The lowest BCUT2D eigenvalue weighted by Crippen LogP contribution is -2.45. The zero-order valence-electron chi connectivity index (χ0n) is 11.7. The van der Waals surface area contributed by atoms with Crippen LogP contribution in [0.25, 0.3) is 0 Å². The summed E-state index contributed by atoms with van der Waals surface area (Å²) in [5.41, 5.74) is 0.220. The highest BCUT2D eigenvalue weighted by Gasteiger charge is 2.22. The zero-order valence-corrected chi connectivity index (χ0v) is 13.3. The number of sulfonamides is 1. The van der Waals surface area contributed by atoms with Crippen LogP contribution in [-0.4, -0.2) is 40.6 Å². The lowest BCUT2D eigenvalue weighted by molar-refractivity contribution is 0.0600. The molecular weight excluding hydrogens is 316 g/mol. The van der Waals surface area contributed by atoms with Gasteiger partial charge in [0.2, 0.25) is 10.0 Å². The van der Waals surface area contributed by atoms with Gasteiger partial charge in [-0.2, -0.15) is 0 Å². The Morgan fingerprint density at radius 3 is 2.81 bits per heavy atom. The monoisotopic (exact) mass is 334 g/mol. The summed E-state index contributed by atoms with van der Waals surface area (Å²) in [4.78, 5) is 11.5. The number of hydrogen-bond acceptors (Lipinski definition) is 5. The lowest BCUT2D eigenvalue weighted by Gasteiger charge is -2.23. The molecule has 6 nitrogen and oxygen atoms in total. The fraction of sp³-hybridized carbons (Fsp3) is 0.462. The van der Waals surface area contributed by atoms with Gasteiger partial charge in [0.05, 0.1) is 17.6 Å². The van der Waals surface area contributed by atoms with Gasteiger partial charge in [0.1, 0.15) is 0 Å². The van der Waals surface area contributed by atoms with Crippen LogP contribution in [0.15, 0.2) is 29.2 Å². The maximum Gasteiger partial charge on any atom is 0.337 e. The molecule has 0 bridgehead atoms. The maximum absolute atomic E-state index is 12.3. The Kier molecular flexibility index (Phi) is 6.60. The van der Waals surface area contributed by atoms with E-state index in [1.807, 2.05) is 0 Å². The predicted octanol–water partition coefficient (Wildman–Crippen LogP) is 0.925. The molecule has 0 spiro atoms. The van der Waals surface area contributed by atoms with Crippen molar-refractivity contribution in [2.75, 3.05) is 20.2 Å². The number of halogens is 1. The van der Waals surface area contributed by atoms with Crippen molar-refractivity contribution in [1.29, 1.82) is 0 Å². The highest BCUT2D eigenvalue weighted by Crippen LogP contribution is 2.14. The van der Waals surface area contributed by atoms with E-state index in [0.717, 1.165) is 19.4 Å². The summed E-state index contributed by atoms with van der Waals surface area (Å²) in [6.45, 7) is 1.53. The van der Waals surface area contributed by atoms with E-state index in [9.17, 15) is 13.2 Å². The van der Waals surface area contributed by atoms with Gasteiger partial charge in [-0.15, -0.1) is 12.4 Å². The van der Waals surface area contributed by atoms with Gasteiger partial charge in [-0.25, -0.2) is 17.9 Å². The minimum atomic E-state index is -3.62. The maximum atomic E-state index is 12.3. The third-order valence-corrected chi connectivity index (χ3v) is 4.70. The van der Waals surface area contributed by atoms with Crippen LogP contribution in [0, 0.1) is 0 Å². The standard InChI is InChI=1S/C13H18N2O4S.ClH/c1-19-13(16)10-4-2-6-12(8-10)20(17,18)15-11-5-3-7-14-9-11;/h2,4,6,8,11,14-15H,3,5,7,9H2,1H3;1H. The van der Waals surface area contributed by atoms with Crippen LogP contribution in [0.1, 0.15) is 23.2 Å². The number of piperidine rings is 1. The third kappa shape index (κ3) is 4.67. The van der Waals surface area contributed by atoms with Gasteiger partial charge in [-0.1, -0.05) is 6.07 Å². The number of methoxy groups -OCH3 is 1. The van der Waals surface area contributed by atoms with Crippen molar-refractivity contribution in [3.05, 3.63) is 29.8 Å². The SMILES string of the molecule is COC(=O)c1cccc(S(=O)(=O)NC2CCCNC2)c1.Cl. The van der Waals surface area contributed by atoms with Gasteiger partial charge in [0.25, 0.3) is 0 Å². The van der Waals surface area contributed by atoms with E-state index in [0.29, 0.717) is 6.54 Å². The molecule has 1 heterocycles. The smallest absolute Gasteiger partial charge is 0.337 e. The van der Waals surface area contributed by atoms with Crippen molar-refractivity contribution in [3.8, 4) is 0 Å². The molecule has 8 heteroatoms. The number of ether oxygens (including phenoxy) is 1. The number of benzene rings is 1. The number of rotatable bonds is 4. The minimum Gasteiger partial charge on any atom is -0.465 e. The van der Waals surface area contributed by atoms with Crippen LogP contribution < -0.4 is 10.0 Å². The first-order valence-electron chi connectivity index (χ1n) is 6.44. The van der Waals surface area contributed by atoms with E-state index in [4.69, 9.17) is 0 Å². The summed E-state index contributed by atoms with van der Waals surface area (Å²) < 4.78 is 31.8. The number of carbonyl (C=O) groups is 1. The van der Waals surface area contributed by atoms with Crippen molar-refractivity contribution >= 4 is 28.4 Å². The quantitative estimate of drug-likeness (QED) is 0.800. The molecule has 1 unspecified atom stereocenters. The molecule has 0 aliphatic carbocycles. The van der Waals surface area contributed by atoms with Crippen LogP contribution >= 0.6 is 12.4 Å². The number of esters is 1. The summed E-state index contributed by atoms with van der Waals surface area (Å²) in [5.74, 6) is -0.554. The first kappa shape index (κ1) is 17.9. The van der Waals surface area contributed by atoms with E-state index in [1.54, 1.807) is 0 Å². The van der Waals surface area contributed by atoms with Gasteiger partial charge in [-0.3, -0.25) is 0 Å². The summed E-state index contributed by atoms with van der Waals surface area (Å²) in [7, 11) is -2.36. The van der Waals surface area contributed by atoms with Crippen LogP contribution in [0.4, 0.5) is 0 Å². The van der Waals surface area contributed by atoms with Crippen LogP contribution in [0.5, 0.6) is 0 Å². The average molecular weight is 335 g/mol. The number of hydrogen-bond donors (Lipinski definition) is 2. The molecule has 118 valence electrons. The topological polar surface area (TPSA) is 84.5 Å². The first-order valence-corrected chi connectivity index (χ1v) is 7.92. The van der Waals surface area contributed by atoms with Crippen molar-refractivity contribution < 1.29 is 17.9 Å². The van der Waals surface area contributed by atoms with Crippen LogP contribution in [0.2, 0.25) is 0 Å². The summed E-state index contributed by atoms with van der Waals surface area (Å²) >= 11 is 0. The molecule has 0 radical (unpaired) electrons. The minimum absolute atomic E-state index is 0. The van der Waals surface area contributed by atoms with Crippen LogP contribution in [0.3, 0.4) is 0 Å². The Balaban J connectivity index is 0.00000220. The molecule has 1 atom stereocenters. The Morgan fingerprint density at radius 1 is 1.43 bits per heavy atom. The molecule has 1 aliphatic heterocycles. The van der Waals surface area contributed by atoms with Gasteiger partial charge in [0.15, 0.2) is 0 Å². The molecule has 0 saturated carbocycles. The Labute approximate surface area is 130 Å². The molecule has 1 aliphatic rings. The summed E-state index contributed by atoms with van der Waals surface area (Å²) in [6.07, 6.45) is 1.75. The van der Waals surface area contributed by atoms with Gasteiger partial charge < -0.3 is 10.1 Å². The Hall–Kier alpha value is -1.15. The second kappa shape index (κ2) is 7.74. The molecular formula is C13H19ClN2O4S. The molecule has 1 aromatic rings. The second-order valence-corrected chi connectivity index (χ2v) is 6.40. The van der Waals surface area contributed by atoms with Crippen molar-refractivity contribution in [2.24, 2.45) is 0 Å². The first-order chi connectivity index (χ1) is 9.53. The lowest BCUT2D eigenvalue weighted by atomic mass is 10.1. The van der Waals surface area contributed by atoms with Crippen molar-refractivity contribution in [3.63, 3.8) is 0 Å². The van der Waals surface area contributed by atoms with E-state index < -0.39 is 16.0 Å². The number of carbonyl (C=O) groups excluding carboxylic acids is 1.